The maximum atomic E-state index is 11.1. The van der Waals surface area contributed by atoms with E-state index in [2.05, 4.69) is 20.8 Å². The Morgan fingerprint density at radius 3 is 2.35 bits per heavy atom. The molecule has 0 atom stereocenters. The quantitative estimate of drug-likeness (QED) is 0.573. The van der Waals surface area contributed by atoms with Crippen molar-refractivity contribution in [1.82, 2.24) is 0 Å². The van der Waals surface area contributed by atoms with Crippen molar-refractivity contribution in [2.24, 2.45) is 0 Å². The number of hydrogen-bond acceptors (Lipinski definition) is 2. The average Bonchev–Trinajstić information content (AvgIpc) is 2.28. The zero-order chi connectivity index (χ0) is 13.2. The molecule has 3 nitrogen and oxygen atoms in total. The molecule has 0 N–H and O–H groups in total. The standard InChI is InChI=1S/C14H21NO2/c1-6-14(4,5)11-7-8-12(10(2)3)13(9-11)15(16)17/h7-10H,6H2,1-5H3. The zero-order valence-corrected chi connectivity index (χ0v) is 11.3. The van der Waals surface area contributed by atoms with Crippen molar-refractivity contribution in [2.45, 2.75) is 52.4 Å². The van der Waals surface area contributed by atoms with Gasteiger partial charge in [0.05, 0.1) is 4.92 Å². The topological polar surface area (TPSA) is 43.1 Å². The summed E-state index contributed by atoms with van der Waals surface area (Å²) in [6.45, 7) is 10.3. The Balaban J connectivity index is 3.33. The number of nitro groups is 1. The van der Waals surface area contributed by atoms with Crippen LogP contribution in [0.5, 0.6) is 0 Å². The van der Waals surface area contributed by atoms with Gasteiger partial charge in [0.25, 0.3) is 5.69 Å². The molecule has 0 aliphatic rings. The lowest BCUT2D eigenvalue weighted by atomic mass is 9.81. The van der Waals surface area contributed by atoms with Crippen molar-refractivity contribution in [3.05, 3.63) is 39.4 Å². The fraction of sp³-hybridized carbons (Fsp3) is 0.571. The summed E-state index contributed by atoms with van der Waals surface area (Å²) in [7, 11) is 0. The van der Waals surface area contributed by atoms with Crippen LogP contribution in [0.4, 0.5) is 5.69 Å². The molecular formula is C14H21NO2. The largest absolute Gasteiger partial charge is 0.273 e. The molecule has 94 valence electrons. The minimum atomic E-state index is -0.273. The van der Waals surface area contributed by atoms with Gasteiger partial charge in [-0.1, -0.05) is 46.8 Å². The lowest BCUT2D eigenvalue weighted by Gasteiger charge is -2.23. The van der Waals surface area contributed by atoms with Gasteiger partial charge in [0.15, 0.2) is 0 Å². The van der Waals surface area contributed by atoms with Crippen molar-refractivity contribution >= 4 is 5.69 Å². The van der Waals surface area contributed by atoms with Crippen LogP contribution in [-0.2, 0) is 5.41 Å². The van der Waals surface area contributed by atoms with E-state index in [0.29, 0.717) is 0 Å². The van der Waals surface area contributed by atoms with Crippen LogP contribution in [0.25, 0.3) is 0 Å². The highest BCUT2D eigenvalue weighted by Crippen LogP contribution is 2.33. The van der Waals surface area contributed by atoms with Crippen molar-refractivity contribution in [3.8, 4) is 0 Å². The average molecular weight is 235 g/mol. The van der Waals surface area contributed by atoms with Gasteiger partial charge in [0, 0.05) is 11.6 Å². The first kappa shape index (κ1) is 13.7. The van der Waals surface area contributed by atoms with Crippen LogP contribution in [0.3, 0.4) is 0 Å². The van der Waals surface area contributed by atoms with E-state index in [1.54, 1.807) is 6.07 Å². The number of nitrogens with zero attached hydrogens (tertiary/aromatic N) is 1. The van der Waals surface area contributed by atoms with Crippen LogP contribution >= 0.6 is 0 Å². The second-order valence-electron chi connectivity index (χ2n) is 5.42. The van der Waals surface area contributed by atoms with Crippen LogP contribution in [0, 0.1) is 10.1 Å². The second-order valence-corrected chi connectivity index (χ2v) is 5.42. The maximum absolute atomic E-state index is 11.1. The number of hydrogen-bond donors (Lipinski definition) is 0. The molecule has 0 aliphatic heterocycles. The Morgan fingerprint density at radius 1 is 1.35 bits per heavy atom. The fourth-order valence-corrected chi connectivity index (χ4v) is 1.82. The SMILES string of the molecule is CCC(C)(C)c1ccc(C(C)C)c([N+](=O)[O-])c1. The van der Waals surface area contributed by atoms with Crippen molar-refractivity contribution in [2.75, 3.05) is 0 Å². The monoisotopic (exact) mass is 235 g/mol. The molecule has 1 rings (SSSR count). The predicted molar refractivity (Wildman–Crippen MR) is 70.5 cm³/mol. The molecule has 0 fully saturated rings. The predicted octanol–water partition coefficient (Wildman–Crippen LogP) is 4.41. The number of benzene rings is 1. The Labute approximate surface area is 103 Å². The molecule has 0 amide bonds. The molecule has 0 aliphatic carbocycles. The highest BCUT2D eigenvalue weighted by Gasteiger charge is 2.23. The highest BCUT2D eigenvalue weighted by atomic mass is 16.6. The summed E-state index contributed by atoms with van der Waals surface area (Å²) < 4.78 is 0. The van der Waals surface area contributed by atoms with E-state index in [1.165, 1.54) is 0 Å². The molecule has 0 heterocycles. The molecule has 1 aromatic rings. The van der Waals surface area contributed by atoms with Gasteiger partial charge in [0.1, 0.15) is 0 Å². The van der Waals surface area contributed by atoms with Crippen LogP contribution in [0.2, 0.25) is 0 Å². The first-order valence-electron chi connectivity index (χ1n) is 6.08. The first-order valence-corrected chi connectivity index (χ1v) is 6.08. The third-order valence-electron chi connectivity index (χ3n) is 3.51. The lowest BCUT2D eigenvalue weighted by molar-refractivity contribution is -0.385. The molecule has 0 spiro atoms. The van der Waals surface area contributed by atoms with Crippen molar-refractivity contribution in [3.63, 3.8) is 0 Å². The van der Waals surface area contributed by atoms with E-state index < -0.39 is 0 Å². The summed E-state index contributed by atoms with van der Waals surface area (Å²) >= 11 is 0. The van der Waals surface area contributed by atoms with Gasteiger partial charge in [-0.05, 0) is 23.3 Å². The zero-order valence-electron chi connectivity index (χ0n) is 11.3. The Kier molecular flexibility index (Phi) is 3.91. The summed E-state index contributed by atoms with van der Waals surface area (Å²) in [5.74, 6) is 0.175. The van der Waals surface area contributed by atoms with E-state index in [0.717, 1.165) is 17.5 Å². The smallest absolute Gasteiger partial charge is 0.258 e. The van der Waals surface area contributed by atoms with E-state index in [-0.39, 0.29) is 21.9 Å². The molecule has 0 aromatic heterocycles. The molecule has 0 unspecified atom stereocenters. The van der Waals surface area contributed by atoms with Crippen LogP contribution < -0.4 is 0 Å². The maximum Gasteiger partial charge on any atom is 0.273 e. The van der Waals surface area contributed by atoms with Gasteiger partial charge in [0.2, 0.25) is 0 Å². The first-order chi connectivity index (χ1) is 7.79. The Bertz CT molecular complexity index is 422. The van der Waals surface area contributed by atoms with Gasteiger partial charge in [-0.25, -0.2) is 0 Å². The molecule has 0 radical (unpaired) electrons. The van der Waals surface area contributed by atoms with Crippen molar-refractivity contribution in [1.29, 1.82) is 0 Å². The third kappa shape index (κ3) is 2.84. The molecule has 0 bridgehead atoms. The summed E-state index contributed by atoms with van der Waals surface area (Å²) in [5, 5.41) is 11.1. The van der Waals surface area contributed by atoms with E-state index in [4.69, 9.17) is 0 Å². The summed E-state index contributed by atoms with van der Waals surface area (Å²) in [4.78, 5) is 10.8. The van der Waals surface area contributed by atoms with Gasteiger partial charge in [-0.15, -0.1) is 0 Å². The minimum absolute atomic E-state index is 0.0136. The lowest BCUT2D eigenvalue weighted by Crippen LogP contribution is -2.16. The molecule has 0 saturated carbocycles. The molecule has 1 aromatic carbocycles. The fourth-order valence-electron chi connectivity index (χ4n) is 1.82. The molecule has 17 heavy (non-hydrogen) atoms. The number of rotatable bonds is 4. The van der Waals surface area contributed by atoms with Crippen LogP contribution in [-0.4, -0.2) is 4.92 Å². The van der Waals surface area contributed by atoms with Gasteiger partial charge in [-0.3, -0.25) is 10.1 Å². The van der Waals surface area contributed by atoms with Crippen LogP contribution in [0.1, 0.15) is 58.1 Å². The van der Waals surface area contributed by atoms with Gasteiger partial charge >= 0.3 is 0 Å². The number of nitro benzene ring substituents is 1. The van der Waals surface area contributed by atoms with Gasteiger partial charge < -0.3 is 0 Å². The molecule has 0 saturated heterocycles. The van der Waals surface area contributed by atoms with Crippen LogP contribution in [0.15, 0.2) is 18.2 Å². The molecule has 3 heteroatoms. The van der Waals surface area contributed by atoms with E-state index >= 15 is 0 Å². The third-order valence-corrected chi connectivity index (χ3v) is 3.51. The summed E-state index contributed by atoms with van der Waals surface area (Å²) in [6.07, 6.45) is 0.963. The van der Waals surface area contributed by atoms with Crippen molar-refractivity contribution < 1.29 is 4.92 Å². The highest BCUT2D eigenvalue weighted by molar-refractivity contribution is 5.46. The molecular weight excluding hydrogens is 214 g/mol. The Hall–Kier alpha value is -1.38. The van der Waals surface area contributed by atoms with E-state index in [1.807, 2.05) is 26.0 Å². The minimum Gasteiger partial charge on any atom is -0.258 e. The summed E-state index contributed by atoms with van der Waals surface area (Å²) in [6, 6.07) is 5.65. The normalized spacial score (nSPS) is 11.9. The second kappa shape index (κ2) is 4.86. The van der Waals surface area contributed by atoms with E-state index in [9.17, 15) is 10.1 Å². The van der Waals surface area contributed by atoms with Gasteiger partial charge in [-0.2, -0.15) is 0 Å². The summed E-state index contributed by atoms with van der Waals surface area (Å²) in [5.41, 5.74) is 2.08. The Morgan fingerprint density at radius 2 is 1.94 bits per heavy atom.